The molecule has 37 heavy (non-hydrogen) atoms. The summed E-state index contributed by atoms with van der Waals surface area (Å²) in [7, 11) is -7.68. The van der Waals surface area contributed by atoms with E-state index in [1.807, 2.05) is 0 Å². The van der Waals surface area contributed by atoms with E-state index in [9.17, 15) is 21.6 Å². The van der Waals surface area contributed by atoms with Gasteiger partial charge >= 0.3 is 6.16 Å². The van der Waals surface area contributed by atoms with Crippen LogP contribution in [0.5, 0.6) is 0 Å². The maximum atomic E-state index is 13.5. The molecular weight excluding hydrogens is 516 g/mol. The number of carboxylic acid groups (broad SMARTS) is 1. The van der Waals surface area contributed by atoms with Gasteiger partial charge in [0, 0.05) is 18.2 Å². The molecule has 2 N–H and O–H groups in total. The van der Waals surface area contributed by atoms with Gasteiger partial charge in [0.2, 0.25) is 10.0 Å². The maximum absolute atomic E-state index is 13.5. The lowest BCUT2D eigenvalue weighted by atomic mass is 10.0. The highest BCUT2D eigenvalue weighted by Crippen LogP contribution is 2.44. The zero-order chi connectivity index (χ0) is 26.2. The van der Waals surface area contributed by atoms with E-state index in [2.05, 4.69) is 4.72 Å². The average Bonchev–Trinajstić information content (AvgIpc) is 3.45. The van der Waals surface area contributed by atoms with Crippen molar-refractivity contribution < 1.29 is 31.5 Å². The molecular formula is C26H26N2O7S2. The van der Waals surface area contributed by atoms with Gasteiger partial charge in [0.1, 0.15) is 0 Å². The Labute approximate surface area is 215 Å². The Kier molecular flexibility index (Phi) is 6.69. The summed E-state index contributed by atoms with van der Waals surface area (Å²) in [5.41, 5.74) is 1.92. The van der Waals surface area contributed by atoms with E-state index in [0.29, 0.717) is 18.5 Å². The van der Waals surface area contributed by atoms with Gasteiger partial charge in [-0.05, 0) is 66.3 Å². The molecule has 1 saturated heterocycles. The molecule has 194 valence electrons. The van der Waals surface area contributed by atoms with Crippen LogP contribution in [0.15, 0.2) is 88.7 Å². The quantitative estimate of drug-likeness (QED) is 0.413. The van der Waals surface area contributed by atoms with Gasteiger partial charge in [0.05, 0.1) is 9.79 Å². The smallest absolute Gasteiger partial charge is 0.450 e. The van der Waals surface area contributed by atoms with Gasteiger partial charge in [-0.1, -0.05) is 48.9 Å². The van der Waals surface area contributed by atoms with Crippen LogP contribution in [0.2, 0.25) is 0 Å². The number of nitrogens with one attached hydrogen (secondary N) is 1. The third kappa shape index (κ3) is 5.07. The van der Waals surface area contributed by atoms with Gasteiger partial charge < -0.3 is 9.84 Å². The highest BCUT2D eigenvalue weighted by molar-refractivity contribution is 7.92. The van der Waals surface area contributed by atoms with Crippen LogP contribution in [0.4, 0.5) is 10.5 Å². The number of fused-ring (bicyclic) bond motifs is 1. The second kappa shape index (κ2) is 9.81. The lowest BCUT2D eigenvalue weighted by molar-refractivity contribution is 0.00936. The zero-order valence-electron chi connectivity index (χ0n) is 19.7. The molecule has 2 fully saturated rings. The standard InChI is InChI=1S/C26H26N2O7S2/c29-26(30)35-25-17-20-5-4-8-24(20)28(25)37(33,34)23-15-11-19(12-16-23)18-9-13-21(14-10-18)27-36(31,32)22-6-2-1-3-7-22/h1-3,6-7,9-16,20,24-25,27H,4-5,8,17H2,(H,29,30). The molecule has 3 aromatic carbocycles. The Hall–Kier alpha value is -3.41. The summed E-state index contributed by atoms with van der Waals surface area (Å²) in [4.78, 5) is 11.4. The van der Waals surface area contributed by atoms with Crippen molar-refractivity contribution in [2.45, 2.75) is 47.7 Å². The number of hydrogen-bond acceptors (Lipinski definition) is 6. The number of hydrogen-bond donors (Lipinski definition) is 2. The van der Waals surface area contributed by atoms with Crippen molar-refractivity contribution in [3.05, 3.63) is 78.9 Å². The largest absolute Gasteiger partial charge is 0.507 e. The molecule has 1 heterocycles. The van der Waals surface area contributed by atoms with Crippen molar-refractivity contribution >= 4 is 31.9 Å². The monoisotopic (exact) mass is 542 g/mol. The number of ether oxygens (including phenoxy) is 1. The molecule has 0 aromatic heterocycles. The minimum atomic E-state index is -3.97. The van der Waals surface area contributed by atoms with E-state index in [1.54, 1.807) is 54.6 Å². The fourth-order valence-corrected chi connectivity index (χ4v) is 8.11. The Morgan fingerprint density at radius 1 is 0.838 bits per heavy atom. The zero-order valence-corrected chi connectivity index (χ0v) is 21.4. The van der Waals surface area contributed by atoms with Crippen molar-refractivity contribution in [2.24, 2.45) is 5.92 Å². The summed E-state index contributed by atoms with van der Waals surface area (Å²) < 4.78 is 60.8. The number of anilines is 1. The van der Waals surface area contributed by atoms with Gasteiger partial charge in [0.15, 0.2) is 6.23 Å². The number of nitrogens with zero attached hydrogens (tertiary/aromatic N) is 1. The first-order valence-corrected chi connectivity index (χ1v) is 14.8. The molecule has 3 unspecified atom stereocenters. The van der Waals surface area contributed by atoms with Crippen molar-refractivity contribution in [1.82, 2.24) is 4.31 Å². The molecule has 0 amide bonds. The van der Waals surface area contributed by atoms with Crippen molar-refractivity contribution in [3.8, 4) is 11.1 Å². The lowest BCUT2D eigenvalue weighted by Crippen LogP contribution is -2.43. The number of sulfonamides is 2. The summed E-state index contributed by atoms with van der Waals surface area (Å²) in [6.45, 7) is 0. The van der Waals surface area contributed by atoms with Crippen molar-refractivity contribution in [2.75, 3.05) is 4.72 Å². The first kappa shape index (κ1) is 25.2. The molecule has 3 aromatic rings. The molecule has 1 saturated carbocycles. The van der Waals surface area contributed by atoms with E-state index < -0.39 is 32.4 Å². The van der Waals surface area contributed by atoms with E-state index in [0.717, 1.165) is 24.0 Å². The fourth-order valence-electron chi connectivity index (χ4n) is 5.24. The van der Waals surface area contributed by atoms with Crippen LogP contribution in [-0.2, 0) is 24.8 Å². The van der Waals surface area contributed by atoms with Crippen LogP contribution in [0.1, 0.15) is 25.7 Å². The molecule has 2 aliphatic rings. The van der Waals surface area contributed by atoms with E-state index in [-0.39, 0.29) is 21.8 Å². The predicted octanol–water partition coefficient (Wildman–Crippen LogP) is 4.74. The van der Waals surface area contributed by atoms with Crippen LogP contribution in [0.3, 0.4) is 0 Å². The molecule has 3 atom stereocenters. The number of carbonyl (C=O) groups is 1. The first-order valence-electron chi connectivity index (χ1n) is 11.9. The molecule has 11 heteroatoms. The van der Waals surface area contributed by atoms with Gasteiger partial charge in [-0.25, -0.2) is 21.6 Å². The van der Waals surface area contributed by atoms with Crippen LogP contribution >= 0.6 is 0 Å². The summed E-state index contributed by atoms with van der Waals surface area (Å²) in [6.07, 6.45) is 0.292. The molecule has 1 aliphatic carbocycles. The first-order chi connectivity index (χ1) is 17.6. The second-order valence-corrected chi connectivity index (χ2v) is 12.7. The summed E-state index contributed by atoms with van der Waals surface area (Å²) in [6, 6.07) is 20.9. The third-order valence-electron chi connectivity index (χ3n) is 6.92. The third-order valence-corrected chi connectivity index (χ3v) is 10.3. The molecule has 5 rings (SSSR count). The Morgan fingerprint density at radius 2 is 1.46 bits per heavy atom. The van der Waals surface area contributed by atoms with Crippen LogP contribution in [0.25, 0.3) is 11.1 Å². The Bertz CT molecular complexity index is 1490. The summed E-state index contributed by atoms with van der Waals surface area (Å²) in [5.74, 6) is 0.0937. The topological polar surface area (TPSA) is 130 Å². The van der Waals surface area contributed by atoms with Gasteiger partial charge in [-0.3, -0.25) is 4.72 Å². The summed E-state index contributed by atoms with van der Waals surface area (Å²) >= 11 is 0. The second-order valence-electron chi connectivity index (χ2n) is 9.19. The Morgan fingerprint density at radius 3 is 2.08 bits per heavy atom. The van der Waals surface area contributed by atoms with Crippen LogP contribution in [0, 0.1) is 5.92 Å². The number of benzene rings is 3. The minimum Gasteiger partial charge on any atom is -0.450 e. The SMILES string of the molecule is O=C(O)OC1CC2CCCC2N1S(=O)(=O)c1ccc(-c2ccc(NS(=O)(=O)c3ccccc3)cc2)cc1. The number of rotatable bonds is 7. The van der Waals surface area contributed by atoms with Crippen molar-refractivity contribution in [3.63, 3.8) is 0 Å². The highest BCUT2D eigenvalue weighted by atomic mass is 32.2. The molecule has 1 aliphatic heterocycles. The molecule has 0 radical (unpaired) electrons. The predicted molar refractivity (Wildman–Crippen MR) is 137 cm³/mol. The van der Waals surface area contributed by atoms with E-state index in [4.69, 9.17) is 9.84 Å². The van der Waals surface area contributed by atoms with Crippen molar-refractivity contribution in [1.29, 1.82) is 0 Å². The van der Waals surface area contributed by atoms with Gasteiger partial charge in [0.25, 0.3) is 10.0 Å². The van der Waals surface area contributed by atoms with Gasteiger partial charge in [-0.15, -0.1) is 0 Å². The fraction of sp³-hybridized carbons (Fsp3) is 0.269. The van der Waals surface area contributed by atoms with E-state index in [1.165, 1.54) is 28.6 Å². The molecule has 0 bridgehead atoms. The van der Waals surface area contributed by atoms with Gasteiger partial charge in [-0.2, -0.15) is 4.31 Å². The van der Waals surface area contributed by atoms with E-state index >= 15 is 0 Å². The molecule has 0 spiro atoms. The maximum Gasteiger partial charge on any atom is 0.507 e. The average molecular weight is 543 g/mol. The minimum absolute atomic E-state index is 0.0648. The Balaban J connectivity index is 1.34. The summed E-state index contributed by atoms with van der Waals surface area (Å²) in [5, 5.41) is 9.11. The van der Waals surface area contributed by atoms with Crippen LogP contribution < -0.4 is 4.72 Å². The lowest BCUT2D eigenvalue weighted by Gasteiger charge is -2.27. The normalized spacial score (nSPS) is 21.9. The highest BCUT2D eigenvalue weighted by Gasteiger charge is 2.51. The molecule has 9 nitrogen and oxygen atoms in total. The van der Waals surface area contributed by atoms with Crippen LogP contribution in [-0.4, -0.2) is 44.7 Å².